The van der Waals surface area contributed by atoms with Crippen molar-refractivity contribution in [3.63, 3.8) is 0 Å². The van der Waals surface area contributed by atoms with E-state index in [2.05, 4.69) is 17.7 Å². The molecule has 0 unspecified atom stereocenters. The van der Waals surface area contributed by atoms with Gasteiger partial charge >= 0.3 is 0 Å². The fraction of sp³-hybridized carbons (Fsp3) is 0.533. The van der Waals surface area contributed by atoms with Crippen molar-refractivity contribution in [3.8, 4) is 5.75 Å². The lowest BCUT2D eigenvalue weighted by Crippen LogP contribution is -3.12. The number of nitrogens with one attached hydrogen (secondary N) is 3. The van der Waals surface area contributed by atoms with Crippen molar-refractivity contribution in [2.75, 3.05) is 52.2 Å². The van der Waals surface area contributed by atoms with Crippen molar-refractivity contribution >= 4 is 33.0 Å². The van der Waals surface area contributed by atoms with Crippen LogP contribution in [0.15, 0.2) is 23.1 Å². The van der Waals surface area contributed by atoms with Gasteiger partial charge in [-0.3, -0.25) is 0 Å². The molecule has 0 aromatic heterocycles. The number of benzene rings is 1. The van der Waals surface area contributed by atoms with Crippen LogP contribution in [0.1, 0.15) is 6.92 Å². The first-order valence-electron chi connectivity index (χ1n) is 7.92. The minimum absolute atomic E-state index is 0.240. The molecule has 3 N–H and O–H groups in total. The molecule has 0 aliphatic carbocycles. The van der Waals surface area contributed by atoms with E-state index in [1.165, 1.54) is 16.3 Å². The molecule has 1 saturated heterocycles. The van der Waals surface area contributed by atoms with Gasteiger partial charge in [-0.15, -0.1) is 0 Å². The summed E-state index contributed by atoms with van der Waals surface area (Å²) in [5, 5.41) is 6.39. The Morgan fingerprint density at radius 2 is 2.04 bits per heavy atom. The fourth-order valence-corrected chi connectivity index (χ4v) is 4.25. The maximum atomic E-state index is 12.9. The van der Waals surface area contributed by atoms with Gasteiger partial charge in [0.25, 0.3) is 0 Å². The molecule has 1 fully saturated rings. The van der Waals surface area contributed by atoms with Gasteiger partial charge in [0.15, 0.2) is 5.11 Å². The molecule has 1 aliphatic rings. The molecule has 0 amide bonds. The summed E-state index contributed by atoms with van der Waals surface area (Å²) >= 11 is 5.18. The third-order valence-electron chi connectivity index (χ3n) is 3.97. The largest absolute Gasteiger partial charge is 0.495 e. The zero-order chi connectivity index (χ0) is 17.7. The minimum Gasteiger partial charge on any atom is -0.495 e. The fourth-order valence-electron chi connectivity index (χ4n) is 2.53. The van der Waals surface area contributed by atoms with Gasteiger partial charge in [0, 0.05) is 6.54 Å². The molecule has 9 heteroatoms. The van der Waals surface area contributed by atoms with E-state index in [0.29, 0.717) is 36.2 Å². The standard InChI is InChI=1S/C15H24N4O3S2/c1-4-16-15(23)17-13-11-12(5-6-14(13)22-3)24(20,21)19-9-7-18(2)8-10-19/h5-6,11H,4,7-10H2,1-3H3,(H2,16,17,23)/p+1. The summed E-state index contributed by atoms with van der Waals surface area (Å²) in [5.41, 5.74) is 0.532. The van der Waals surface area contributed by atoms with Crippen molar-refractivity contribution in [1.82, 2.24) is 9.62 Å². The summed E-state index contributed by atoms with van der Waals surface area (Å²) in [6, 6.07) is 4.79. The van der Waals surface area contributed by atoms with E-state index in [1.54, 1.807) is 18.2 Å². The Morgan fingerprint density at radius 3 is 2.62 bits per heavy atom. The average Bonchev–Trinajstić information content (AvgIpc) is 2.55. The number of hydrogen-bond acceptors (Lipinski definition) is 4. The summed E-state index contributed by atoms with van der Waals surface area (Å²) < 4.78 is 32.5. The van der Waals surface area contributed by atoms with Gasteiger partial charge in [0.1, 0.15) is 5.75 Å². The molecule has 1 aromatic rings. The SMILES string of the molecule is CCNC(=S)Nc1cc(S(=O)(=O)N2CC[NH+](C)CC2)ccc1OC. The van der Waals surface area contributed by atoms with Gasteiger partial charge in [-0.1, -0.05) is 0 Å². The lowest BCUT2D eigenvalue weighted by Gasteiger charge is -2.29. The summed E-state index contributed by atoms with van der Waals surface area (Å²) in [6.45, 7) is 5.28. The Morgan fingerprint density at radius 1 is 1.38 bits per heavy atom. The highest BCUT2D eigenvalue weighted by atomic mass is 32.2. The Kier molecular flexibility index (Phi) is 6.39. The summed E-state index contributed by atoms with van der Waals surface area (Å²) in [4.78, 5) is 1.58. The Labute approximate surface area is 149 Å². The van der Waals surface area contributed by atoms with Crippen LogP contribution in [0.5, 0.6) is 5.75 Å². The quantitative estimate of drug-likeness (QED) is 0.606. The second kappa shape index (κ2) is 8.11. The third kappa shape index (κ3) is 4.35. The lowest BCUT2D eigenvalue weighted by molar-refractivity contribution is -0.883. The van der Waals surface area contributed by atoms with Crippen LogP contribution in [0, 0.1) is 0 Å². The normalized spacial score (nSPS) is 16.6. The first-order chi connectivity index (χ1) is 11.4. The molecule has 2 rings (SSSR count). The number of methoxy groups -OCH3 is 1. The van der Waals surface area contributed by atoms with Gasteiger partial charge in [-0.05, 0) is 37.3 Å². The maximum absolute atomic E-state index is 12.9. The van der Waals surface area contributed by atoms with Gasteiger partial charge in [-0.2, -0.15) is 4.31 Å². The molecule has 1 heterocycles. The molecular weight excluding hydrogens is 348 g/mol. The molecule has 1 aromatic carbocycles. The van der Waals surface area contributed by atoms with E-state index in [0.717, 1.165) is 13.1 Å². The number of piperazine rings is 1. The Balaban J connectivity index is 2.28. The van der Waals surface area contributed by atoms with Gasteiger partial charge in [0.05, 0.1) is 50.9 Å². The molecule has 0 bridgehead atoms. The second-order valence-corrected chi connectivity index (χ2v) is 8.05. The molecule has 1 aliphatic heterocycles. The molecule has 134 valence electrons. The number of anilines is 1. The molecular formula is C15H25N4O3S2+. The monoisotopic (exact) mass is 373 g/mol. The minimum atomic E-state index is -3.52. The highest BCUT2D eigenvalue weighted by Gasteiger charge is 2.29. The number of ether oxygens (including phenoxy) is 1. The topological polar surface area (TPSA) is 75.1 Å². The van der Waals surface area contributed by atoms with Crippen molar-refractivity contribution in [3.05, 3.63) is 18.2 Å². The number of sulfonamides is 1. The van der Waals surface area contributed by atoms with E-state index < -0.39 is 10.0 Å². The predicted octanol–water partition coefficient (Wildman–Crippen LogP) is -0.479. The summed E-state index contributed by atoms with van der Waals surface area (Å²) in [5.74, 6) is 0.539. The zero-order valence-corrected chi connectivity index (χ0v) is 15.9. The van der Waals surface area contributed by atoms with E-state index in [1.807, 2.05) is 6.92 Å². The highest BCUT2D eigenvalue weighted by Crippen LogP contribution is 2.29. The Bertz CT molecular complexity index is 686. The molecule has 24 heavy (non-hydrogen) atoms. The van der Waals surface area contributed by atoms with Crippen LogP contribution < -0.4 is 20.3 Å². The van der Waals surface area contributed by atoms with Crippen LogP contribution in [0.25, 0.3) is 0 Å². The van der Waals surface area contributed by atoms with Crippen LogP contribution in [0.4, 0.5) is 5.69 Å². The number of likely N-dealkylation sites (N-methyl/N-ethyl adjacent to an activating group) is 1. The van der Waals surface area contributed by atoms with E-state index >= 15 is 0 Å². The average molecular weight is 374 g/mol. The molecule has 0 saturated carbocycles. The van der Waals surface area contributed by atoms with Crippen LogP contribution >= 0.6 is 12.2 Å². The van der Waals surface area contributed by atoms with Crippen molar-refractivity contribution < 1.29 is 18.1 Å². The first kappa shape index (κ1) is 18.9. The van der Waals surface area contributed by atoms with Gasteiger partial charge in [0.2, 0.25) is 10.0 Å². The van der Waals surface area contributed by atoms with E-state index in [-0.39, 0.29) is 4.90 Å². The highest BCUT2D eigenvalue weighted by molar-refractivity contribution is 7.89. The van der Waals surface area contributed by atoms with E-state index in [9.17, 15) is 8.42 Å². The molecule has 0 spiro atoms. The summed E-state index contributed by atoms with van der Waals surface area (Å²) in [6.07, 6.45) is 0. The molecule has 0 radical (unpaired) electrons. The van der Waals surface area contributed by atoms with Gasteiger partial charge in [-0.25, -0.2) is 8.42 Å². The maximum Gasteiger partial charge on any atom is 0.243 e. The van der Waals surface area contributed by atoms with E-state index in [4.69, 9.17) is 17.0 Å². The first-order valence-corrected chi connectivity index (χ1v) is 9.77. The predicted molar refractivity (Wildman–Crippen MR) is 98.3 cm³/mol. The van der Waals surface area contributed by atoms with Crippen molar-refractivity contribution in [2.45, 2.75) is 11.8 Å². The summed E-state index contributed by atoms with van der Waals surface area (Å²) in [7, 11) is 0.0862. The van der Waals surface area contributed by atoms with Crippen LogP contribution in [-0.2, 0) is 10.0 Å². The van der Waals surface area contributed by atoms with Gasteiger partial charge < -0.3 is 20.3 Å². The van der Waals surface area contributed by atoms with Crippen LogP contribution in [-0.4, -0.2) is 64.7 Å². The smallest absolute Gasteiger partial charge is 0.243 e. The number of hydrogen-bond donors (Lipinski definition) is 3. The number of rotatable bonds is 5. The number of quaternary nitrogens is 1. The van der Waals surface area contributed by atoms with Crippen molar-refractivity contribution in [1.29, 1.82) is 0 Å². The van der Waals surface area contributed by atoms with Crippen LogP contribution in [0.3, 0.4) is 0 Å². The number of nitrogens with zero attached hydrogens (tertiary/aromatic N) is 1. The lowest BCUT2D eigenvalue weighted by atomic mass is 10.3. The molecule has 7 nitrogen and oxygen atoms in total. The zero-order valence-electron chi connectivity index (χ0n) is 14.3. The second-order valence-electron chi connectivity index (χ2n) is 5.71. The Hall–Kier alpha value is -1.42. The van der Waals surface area contributed by atoms with Crippen molar-refractivity contribution in [2.24, 2.45) is 0 Å². The third-order valence-corrected chi connectivity index (χ3v) is 6.11. The van der Waals surface area contributed by atoms with Crippen LogP contribution in [0.2, 0.25) is 0 Å². The number of thiocarbonyl (C=S) groups is 1. The molecule has 0 atom stereocenters.